The highest BCUT2D eigenvalue weighted by Gasteiger charge is 2.34. The average molecular weight is 431 g/mol. The van der Waals surface area contributed by atoms with Crippen molar-refractivity contribution in [3.05, 3.63) is 77.5 Å². The Morgan fingerprint density at radius 2 is 1.75 bits per heavy atom. The van der Waals surface area contributed by atoms with Crippen molar-refractivity contribution in [3.8, 4) is 0 Å². The Bertz CT molecular complexity index is 1110. The summed E-state index contributed by atoms with van der Waals surface area (Å²) in [5, 5.41) is 7.44. The van der Waals surface area contributed by atoms with E-state index in [1.165, 1.54) is 9.58 Å². The molecule has 0 radical (unpaired) electrons. The zero-order valence-corrected chi connectivity index (χ0v) is 17.9. The van der Waals surface area contributed by atoms with E-state index in [2.05, 4.69) is 17.3 Å². The first-order valence-corrected chi connectivity index (χ1v) is 10.7. The number of urea groups is 1. The summed E-state index contributed by atoms with van der Waals surface area (Å²) in [7, 11) is 0. The highest BCUT2D eigenvalue weighted by atomic mass is 16.2. The van der Waals surface area contributed by atoms with E-state index in [4.69, 9.17) is 0 Å². The number of nitrogens with zero attached hydrogens (tertiary/aromatic N) is 4. The van der Waals surface area contributed by atoms with E-state index in [1.807, 2.05) is 24.3 Å². The molecule has 4 rings (SSSR count). The van der Waals surface area contributed by atoms with Gasteiger partial charge in [-0.05, 0) is 30.7 Å². The van der Waals surface area contributed by atoms with Crippen molar-refractivity contribution >= 4 is 29.9 Å². The van der Waals surface area contributed by atoms with Crippen LogP contribution >= 0.6 is 0 Å². The third kappa shape index (κ3) is 4.12. The van der Waals surface area contributed by atoms with Gasteiger partial charge in [0.05, 0.1) is 24.5 Å². The van der Waals surface area contributed by atoms with E-state index in [1.54, 1.807) is 41.3 Å². The van der Waals surface area contributed by atoms with Crippen LogP contribution in [-0.4, -0.2) is 39.6 Å². The lowest BCUT2D eigenvalue weighted by atomic mass is 10.2. The number of amides is 3. The molecule has 0 atom stereocenters. The number of aromatic nitrogens is 2. The van der Waals surface area contributed by atoms with Gasteiger partial charge in [-0.1, -0.05) is 49.7 Å². The quantitative estimate of drug-likeness (QED) is 0.457. The maximum absolute atomic E-state index is 13.2. The molecule has 2 aromatic carbocycles. The van der Waals surface area contributed by atoms with Gasteiger partial charge in [0.25, 0.3) is 5.91 Å². The molecule has 32 heavy (non-hydrogen) atoms. The van der Waals surface area contributed by atoms with Crippen LogP contribution in [0.1, 0.15) is 41.4 Å². The summed E-state index contributed by atoms with van der Waals surface area (Å²) in [6, 6.07) is 17.7. The van der Waals surface area contributed by atoms with Crippen molar-refractivity contribution in [2.24, 2.45) is 0 Å². The summed E-state index contributed by atoms with van der Waals surface area (Å²) in [4.78, 5) is 41.0. The molecule has 0 saturated carbocycles. The summed E-state index contributed by atoms with van der Waals surface area (Å²) in [5.41, 5.74) is 2.42. The number of nitrogens with one attached hydrogen (secondary N) is 1. The fourth-order valence-corrected chi connectivity index (χ4v) is 3.74. The van der Waals surface area contributed by atoms with Crippen molar-refractivity contribution in [1.29, 1.82) is 0 Å². The Balaban J connectivity index is 1.72. The van der Waals surface area contributed by atoms with Crippen LogP contribution in [0.3, 0.4) is 0 Å². The van der Waals surface area contributed by atoms with Crippen molar-refractivity contribution in [3.63, 3.8) is 0 Å². The number of hydrogen-bond acceptors (Lipinski definition) is 4. The molecule has 8 heteroatoms. The Kier molecular flexibility index (Phi) is 6.30. The van der Waals surface area contributed by atoms with Crippen LogP contribution in [0.4, 0.5) is 16.3 Å². The number of hydrogen-bond donors (Lipinski definition) is 1. The average Bonchev–Trinajstić information content (AvgIpc) is 3.41. The number of unbranched alkanes of at least 4 members (excludes halogenated alkanes) is 1. The van der Waals surface area contributed by atoms with Gasteiger partial charge in [-0.3, -0.25) is 14.5 Å². The second-order valence-electron chi connectivity index (χ2n) is 7.58. The summed E-state index contributed by atoms with van der Waals surface area (Å²) in [6.07, 6.45) is 2.56. The summed E-state index contributed by atoms with van der Waals surface area (Å²) < 4.78 is 1.32. The Labute approximate surface area is 186 Å². The molecular formula is C24H25N5O3. The Morgan fingerprint density at radius 3 is 2.41 bits per heavy atom. The van der Waals surface area contributed by atoms with E-state index in [-0.39, 0.29) is 25.0 Å². The minimum absolute atomic E-state index is 0.198. The van der Waals surface area contributed by atoms with Crippen molar-refractivity contribution in [2.75, 3.05) is 11.4 Å². The zero-order valence-electron chi connectivity index (χ0n) is 17.9. The Morgan fingerprint density at radius 1 is 1.06 bits per heavy atom. The molecular weight excluding hydrogens is 406 g/mol. The molecule has 0 unspecified atom stereocenters. The van der Waals surface area contributed by atoms with Gasteiger partial charge in [0, 0.05) is 17.7 Å². The van der Waals surface area contributed by atoms with Crippen LogP contribution in [0.25, 0.3) is 0 Å². The van der Waals surface area contributed by atoms with Crippen LogP contribution in [0.2, 0.25) is 0 Å². The molecule has 1 aliphatic heterocycles. The predicted octanol–water partition coefficient (Wildman–Crippen LogP) is 3.69. The van der Waals surface area contributed by atoms with Gasteiger partial charge in [-0.25, -0.2) is 4.79 Å². The molecule has 3 aromatic rings. The van der Waals surface area contributed by atoms with Crippen molar-refractivity contribution < 1.29 is 14.4 Å². The van der Waals surface area contributed by atoms with Gasteiger partial charge in [-0.2, -0.15) is 4.68 Å². The topological polar surface area (TPSA) is 87.5 Å². The second kappa shape index (κ2) is 9.47. The van der Waals surface area contributed by atoms with Gasteiger partial charge in [0.1, 0.15) is 0 Å². The first kappa shape index (κ1) is 21.3. The summed E-state index contributed by atoms with van der Waals surface area (Å²) in [6.45, 7) is 3.16. The van der Waals surface area contributed by atoms with Gasteiger partial charge in [0.15, 0.2) is 5.82 Å². The van der Waals surface area contributed by atoms with E-state index in [9.17, 15) is 14.4 Å². The monoisotopic (exact) mass is 431 g/mol. The van der Waals surface area contributed by atoms with E-state index < -0.39 is 0 Å². The third-order valence-electron chi connectivity index (χ3n) is 5.43. The van der Waals surface area contributed by atoms with Crippen molar-refractivity contribution in [1.82, 2.24) is 20.0 Å². The lowest BCUT2D eigenvalue weighted by Gasteiger charge is -2.19. The molecule has 2 heterocycles. The van der Waals surface area contributed by atoms with Gasteiger partial charge >= 0.3 is 6.03 Å². The maximum Gasteiger partial charge on any atom is 0.318 e. The third-order valence-corrected chi connectivity index (χ3v) is 5.43. The molecule has 0 saturated heterocycles. The van der Waals surface area contributed by atoms with E-state index in [0.29, 0.717) is 41.3 Å². The predicted molar refractivity (Wildman–Crippen MR) is 121 cm³/mol. The SMILES string of the molecule is CCCCNC(=O)N1Cc2c(N(C=O)c3ccccc3)nn(C(=O)c3ccccc3)c2C1. The molecule has 1 N–H and O–H groups in total. The molecule has 1 aliphatic rings. The van der Waals surface area contributed by atoms with Crippen LogP contribution in [-0.2, 0) is 17.9 Å². The molecule has 8 nitrogen and oxygen atoms in total. The number of para-hydroxylation sites is 1. The fraction of sp³-hybridized carbons (Fsp3) is 0.250. The van der Waals surface area contributed by atoms with Gasteiger partial charge in [0.2, 0.25) is 6.41 Å². The molecule has 1 aromatic heterocycles. The number of rotatable bonds is 7. The second-order valence-corrected chi connectivity index (χ2v) is 7.58. The smallest absolute Gasteiger partial charge is 0.318 e. The minimum Gasteiger partial charge on any atom is -0.338 e. The number of fused-ring (bicyclic) bond motifs is 1. The van der Waals surface area contributed by atoms with Gasteiger partial charge in [-0.15, -0.1) is 5.10 Å². The lowest BCUT2D eigenvalue weighted by molar-refractivity contribution is -0.106. The molecule has 164 valence electrons. The highest BCUT2D eigenvalue weighted by molar-refractivity contribution is 5.97. The van der Waals surface area contributed by atoms with Crippen LogP contribution < -0.4 is 10.2 Å². The Hall–Kier alpha value is -3.94. The number of carbonyl (C=O) groups is 3. The van der Waals surface area contributed by atoms with Crippen LogP contribution in [0.5, 0.6) is 0 Å². The molecule has 0 aliphatic carbocycles. The standard InChI is InChI=1S/C24H25N5O3/c1-2-3-14-25-24(32)27-15-20-21(16-27)29(23(31)18-10-6-4-7-11-18)26-22(20)28(17-30)19-12-8-5-9-13-19/h4-13,17H,2-3,14-16H2,1H3,(H,25,32). The van der Waals surface area contributed by atoms with Crippen molar-refractivity contribution in [2.45, 2.75) is 32.9 Å². The van der Waals surface area contributed by atoms with Gasteiger partial charge < -0.3 is 10.2 Å². The largest absolute Gasteiger partial charge is 0.338 e. The number of benzene rings is 2. The lowest BCUT2D eigenvalue weighted by Crippen LogP contribution is -2.37. The first-order valence-electron chi connectivity index (χ1n) is 10.7. The number of carbonyl (C=O) groups excluding carboxylic acids is 3. The molecule has 0 fully saturated rings. The number of anilines is 2. The van der Waals surface area contributed by atoms with E-state index in [0.717, 1.165) is 12.8 Å². The minimum atomic E-state index is -0.305. The van der Waals surface area contributed by atoms with E-state index >= 15 is 0 Å². The van der Waals surface area contributed by atoms with Crippen LogP contribution in [0.15, 0.2) is 60.7 Å². The fourth-order valence-electron chi connectivity index (χ4n) is 3.74. The normalized spacial score (nSPS) is 12.3. The molecule has 0 spiro atoms. The van der Waals surface area contributed by atoms with Crippen LogP contribution in [0, 0.1) is 0 Å². The summed E-state index contributed by atoms with van der Waals surface area (Å²) >= 11 is 0. The molecule has 3 amide bonds. The molecule has 0 bridgehead atoms. The zero-order chi connectivity index (χ0) is 22.5. The highest BCUT2D eigenvalue weighted by Crippen LogP contribution is 2.34. The first-order chi connectivity index (χ1) is 15.6. The summed E-state index contributed by atoms with van der Waals surface area (Å²) in [5.74, 6) is 0.0505. The maximum atomic E-state index is 13.2.